The number of hydrogen-bond acceptors (Lipinski definition) is 4. The van der Waals surface area contributed by atoms with E-state index in [9.17, 15) is 19.5 Å². The fourth-order valence-corrected chi connectivity index (χ4v) is 4.44. The highest BCUT2D eigenvalue weighted by molar-refractivity contribution is 6.03. The molecule has 0 aliphatic heterocycles. The Balaban J connectivity index is 2.57. The smallest absolute Gasteiger partial charge is 0.405 e. The van der Waals surface area contributed by atoms with Crippen LogP contribution in [0.25, 0.3) is 21.9 Å². The van der Waals surface area contributed by atoms with Gasteiger partial charge in [0, 0.05) is 30.1 Å². The van der Waals surface area contributed by atoms with E-state index in [0.717, 1.165) is 10.6 Å². The third kappa shape index (κ3) is 5.44. The van der Waals surface area contributed by atoms with Crippen molar-refractivity contribution >= 4 is 22.8 Å². The maximum Gasteiger partial charge on any atom is 0.405 e. The quantitative estimate of drug-likeness (QED) is 0.434. The van der Waals surface area contributed by atoms with Crippen LogP contribution in [0.4, 0.5) is 4.79 Å². The van der Waals surface area contributed by atoms with Crippen molar-refractivity contribution in [2.75, 3.05) is 14.2 Å². The van der Waals surface area contributed by atoms with Crippen LogP contribution >= 0.6 is 0 Å². The number of nitrogens with one attached hydrogen (secondary N) is 1. The van der Waals surface area contributed by atoms with E-state index < -0.39 is 17.6 Å². The van der Waals surface area contributed by atoms with Crippen LogP contribution in [-0.2, 0) is 11.4 Å². The molecule has 0 saturated carbocycles. The second kappa shape index (κ2) is 10.5. The Morgan fingerprint density at radius 1 is 1.08 bits per heavy atom. The minimum atomic E-state index is -1.18. The van der Waals surface area contributed by atoms with Gasteiger partial charge in [0.15, 0.2) is 0 Å². The number of rotatable bonds is 7. The molecule has 8 nitrogen and oxygen atoms in total. The molecule has 8 heteroatoms. The van der Waals surface area contributed by atoms with Gasteiger partial charge < -0.3 is 15.0 Å². The van der Waals surface area contributed by atoms with E-state index in [1.165, 1.54) is 14.2 Å². The summed E-state index contributed by atoms with van der Waals surface area (Å²) in [5.74, 6) is -0.230. The lowest BCUT2D eigenvalue weighted by Gasteiger charge is -2.35. The van der Waals surface area contributed by atoms with Gasteiger partial charge in [0.05, 0.1) is 18.8 Å². The van der Waals surface area contributed by atoms with Gasteiger partial charge in [-0.1, -0.05) is 65.0 Å². The van der Waals surface area contributed by atoms with Gasteiger partial charge in [-0.15, -0.1) is 0 Å². The van der Waals surface area contributed by atoms with Crippen molar-refractivity contribution < 1.29 is 19.5 Å². The van der Waals surface area contributed by atoms with Crippen LogP contribution in [0.1, 0.15) is 56.7 Å². The molecule has 2 amide bonds. The molecule has 0 bridgehead atoms. The predicted octanol–water partition coefficient (Wildman–Crippen LogP) is 5.31. The van der Waals surface area contributed by atoms with Crippen molar-refractivity contribution in [3.63, 3.8) is 0 Å². The van der Waals surface area contributed by atoms with E-state index in [4.69, 9.17) is 4.84 Å². The minimum Gasteiger partial charge on any atom is -0.465 e. The number of hydrogen-bond donors (Lipinski definition) is 2. The summed E-state index contributed by atoms with van der Waals surface area (Å²) in [5.41, 5.74) is 1.68. The molecule has 192 valence electrons. The van der Waals surface area contributed by atoms with Crippen LogP contribution in [0.3, 0.4) is 0 Å². The molecule has 2 N–H and O–H groups in total. The van der Waals surface area contributed by atoms with E-state index in [1.807, 2.05) is 65.0 Å². The first-order valence-corrected chi connectivity index (χ1v) is 11.9. The molecule has 3 aromatic rings. The zero-order chi connectivity index (χ0) is 26.8. The lowest BCUT2D eigenvalue weighted by atomic mass is 9.80. The molecule has 0 fully saturated rings. The highest BCUT2D eigenvalue weighted by Crippen LogP contribution is 2.41. The molecule has 3 rings (SSSR count). The minimum absolute atomic E-state index is 0.129. The summed E-state index contributed by atoms with van der Waals surface area (Å²) < 4.78 is 1.70. The van der Waals surface area contributed by atoms with Gasteiger partial charge >= 0.3 is 6.09 Å². The van der Waals surface area contributed by atoms with E-state index in [2.05, 4.69) is 5.32 Å². The highest BCUT2D eigenvalue weighted by Gasteiger charge is 2.34. The lowest BCUT2D eigenvalue weighted by molar-refractivity contribution is -0.0756. The normalized spacial score (nSPS) is 12.6. The fraction of sp³-hybridized carbons (Fsp3) is 0.393. The molecular formula is C28H35N3O5. The van der Waals surface area contributed by atoms with E-state index >= 15 is 0 Å². The van der Waals surface area contributed by atoms with E-state index in [0.29, 0.717) is 34.1 Å². The number of aromatic nitrogens is 1. The Hall–Kier alpha value is -3.65. The Labute approximate surface area is 211 Å². The molecule has 36 heavy (non-hydrogen) atoms. The summed E-state index contributed by atoms with van der Waals surface area (Å²) in [7, 11) is 2.92. The average molecular weight is 494 g/mol. The lowest BCUT2D eigenvalue weighted by Crippen LogP contribution is -2.40. The van der Waals surface area contributed by atoms with Crippen molar-refractivity contribution in [2.45, 2.75) is 47.2 Å². The van der Waals surface area contributed by atoms with Gasteiger partial charge in [-0.3, -0.25) is 14.4 Å². The van der Waals surface area contributed by atoms with Crippen LogP contribution in [0.15, 0.2) is 53.3 Å². The number of amides is 2. The molecular weight excluding hydrogens is 458 g/mol. The number of carboxylic acid groups (broad SMARTS) is 1. The number of pyridine rings is 1. The third-order valence-corrected chi connectivity index (χ3v) is 6.14. The van der Waals surface area contributed by atoms with Crippen molar-refractivity contribution in [1.82, 2.24) is 14.9 Å². The first kappa shape index (κ1) is 26.9. The Morgan fingerprint density at radius 2 is 1.72 bits per heavy atom. The second-order valence-corrected chi connectivity index (χ2v) is 10.4. The van der Waals surface area contributed by atoms with Crippen LogP contribution in [-0.4, -0.2) is 40.9 Å². The van der Waals surface area contributed by atoms with Crippen molar-refractivity contribution in [3.05, 3.63) is 70.1 Å². The zero-order valence-electron chi connectivity index (χ0n) is 22.0. The van der Waals surface area contributed by atoms with Crippen LogP contribution in [0.2, 0.25) is 0 Å². The standard InChI is InChI=1S/C28H35N3O5/c1-17(2)16-31-23(24(28(3,4)5)29-27(34)35)22(18-11-9-8-10-12-18)21-15-19(25(32)30(6)36-7)13-14-20(21)26(31)33/h8-15,17,24,29H,16H2,1-7H3,(H,34,35). The van der Waals surface area contributed by atoms with Crippen LogP contribution < -0.4 is 10.9 Å². The van der Waals surface area contributed by atoms with E-state index in [1.54, 1.807) is 22.8 Å². The molecule has 2 aromatic carbocycles. The molecule has 0 spiro atoms. The van der Waals surface area contributed by atoms with Crippen molar-refractivity contribution in [2.24, 2.45) is 11.3 Å². The first-order valence-electron chi connectivity index (χ1n) is 11.9. The SMILES string of the molecule is CON(C)C(=O)c1ccc2c(=O)n(CC(C)C)c(C(NC(=O)O)C(C)(C)C)c(-c3ccccc3)c2c1. The number of nitrogens with zero attached hydrogens (tertiary/aromatic N) is 2. The summed E-state index contributed by atoms with van der Waals surface area (Å²) in [6.07, 6.45) is -1.18. The van der Waals surface area contributed by atoms with Crippen molar-refractivity contribution in [3.8, 4) is 11.1 Å². The largest absolute Gasteiger partial charge is 0.465 e. The highest BCUT2D eigenvalue weighted by atomic mass is 16.7. The van der Waals surface area contributed by atoms with Gasteiger partial charge in [0.1, 0.15) is 0 Å². The summed E-state index contributed by atoms with van der Waals surface area (Å²) in [6, 6.07) is 13.8. The van der Waals surface area contributed by atoms with Crippen molar-refractivity contribution in [1.29, 1.82) is 0 Å². The molecule has 1 atom stereocenters. The van der Waals surface area contributed by atoms with Gasteiger partial charge in [-0.2, -0.15) is 0 Å². The third-order valence-electron chi connectivity index (χ3n) is 6.14. The molecule has 1 heterocycles. The number of carbonyl (C=O) groups is 2. The number of benzene rings is 2. The second-order valence-electron chi connectivity index (χ2n) is 10.4. The van der Waals surface area contributed by atoms with Gasteiger partial charge in [0.25, 0.3) is 11.5 Å². The summed E-state index contributed by atoms with van der Waals surface area (Å²) >= 11 is 0. The topological polar surface area (TPSA) is 101 Å². The molecule has 1 unspecified atom stereocenters. The summed E-state index contributed by atoms with van der Waals surface area (Å²) in [5, 5.41) is 14.6. The first-order chi connectivity index (χ1) is 16.9. The van der Waals surface area contributed by atoms with Gasteiger partial charge in [-0.25, -0.2) is 9.86 Å². The molecule has 1 aromatic heterocycles. The average Bonchev–Trinajstić information content (AvgIpc) is 2.82. The zero-order valence-corrected chi connectivity index (χ0v) is 22.0. The van der Waals surface area contributed by atoms with Gasteiger partial charge in [-0.05, 0) is 40.5 Å². The molecule has 0 radical (unpaired) electrons. The van der Waals surface area contributed by atoms with Crippen LogP contribution in [0.5, 0.6) is 0 Å². The van der Waals surface area contributed by atoms with E-state index in [-0.39, 0.29) is 17.4 Å². The molecule has 0 aliphatic carbocycles. The maximum atomic E-state index is 13.9. The predicted molar refractivity (Wildman–Crippen MR) is 141 cm³/mol. The monoisotopic (exact) mass is 493 g/mol. The van der Waals surface area contributed by atoms with Crippen LogP contribution in [0, 0.1) is 11.3 Å². The Morgan fingerprint density at radius 3 is 2.25 bits per heavy atom. The molecule has 0 saturated heterocycles. The number of carbonyl (C=O) groups excluding carboxylic acids is 1. The Bertz CT molecular complexity index is 1320. The molecule has 0 aliphatic rings. The number of fused-ring (bicyclic) bond motifs is 1. The Kier molecular flexibility index (Phi) is 7.89. The maximum absolute atomic E-state index is 13.9. The summed E-state index contributed by atoms with van der Waals surface area (Å²) in [4.78, 5) is 43.9. The number of hydroxylamine groups is 2. The summed E-state index contributed by atoms with van der Waals surface area (Å²) in [6.45, 7) is 10.2. The fourth-order valence-electron chi connectivity index (χ4n) is 4.44. The van der Waals surface area contributed by atoms with Gasteiger partial charge in [0.2, 0.25) is 0 Å².